The predicted molar refractivity (Wildman–Crippen MR) is 135 cm³/mol. The van der Waals surface area contributed by atoms with Crippen LogP contribution in [0.1, 0.15) is 67.9 Å². The van der Waals surface area contributed by atoms with Crippen LogP contribution in [0.4, 0.5) is 0 Å². The minimum absolute atomic E-state index is 0.295. The lowest BCUT2D eigenvalue weighted by Crippen LogP contribution is -1.99. The number of aryl methyl sites for hydroxylation is 4. The van der Waals surface area contributed by atoms with E-state index in [0.717, 1.165) is 50.7 Å². The second-order valence-corrected chi connectivity index (χ2v) is 8.51. The summed E-state index contributed by atoms with van der Waals surface area (Å²) in [6, 6.07) is 22.2. The van der Waals surface area contributed by atoms with Crippen molar-refractivity contribution in [2.75, 3.05) is 6.61 Å². The summed E-state index contributed by atoms with van der Waals surface area (Å²) in [5.74, 6) is 0.934. The summed E-state index contributed by atoms with van der Waals surface area (Å²) in [5, 5.41) is 8.98. The number of rotatable bonds is 12. The molecule has 0 atom stereocenters. The molecule has 0 aromatic heterocycles. The molecule has 3 rings (SSSR count). The first-order chi connectivity index (χ1) is 15.7. The average molecular weight is 431 g/mol. The standard InChI is InChI=1S/C30H38O2/c1-4-23-11-13-25(14-12-23)22-32-28-16-18-30(27(6-3)21-28)29-17-15-24(20-26(29)5-2)10-8-7-9-19-31/h11-18,20-21,31H,4-10,19,22H2,1-3H3. The van der Waals surface area contributed by atoms with Gasteiger partial charge < -0.3 is 9.84 Å². The van der Waals surface area contributed by atoms with E-state index in [2.05, 4.69) is 81.4 Å². The lowest BCUT2D eigenvalue weighted by molar-refractivity contribution is 0.283. The topological polar surface area (TPSA) is 29.5 Å². The molecule has 0 unspecified atom stereocenters. The van der Waals surface area contributed by atoms with Gasteiger partial charge in [-0.05, 0) is 89.6 Å². The second kappa shape index (κ2) is 12.5. The van der Waals surface area contributed by atoms with Crippen LogP contribution >= 0.6 is 0 Å². The van der Waals surface area contributed by atoms with Crippen molar-refractivity contribution < 1.29 is 9.84 Å². The van der Waals surface area contributed by atoms with Gasteiger partial charge in [-0.1, -0.05) is 75.7 Å². The lowest BCUT2D eigenvalue weighted by Gasteiger charge is -2.16. The molecule has 1 N–H and O–H groups in total. The first-order valence-electron chi connectivity index (χ1n) is 12.2. The number of aliphatic hydroxyl groups is 1. The maximum atomic E-state index is 8.98. The third-order valence-electron chi connectivity index (χ3n) is 6.26. The van der Waals surface area contributed by atoms with Gasteiger partial charge in [0.05, 0.1) is 0 Å². The molecule has 0 saturated heterocycles. The fraction of sp³-hybridized carbons (Fsp3) is 0.400. The summed E-state index contributed by atoms with van der Waals surface area (Å²) in [4.78, 5) is 0. The highest BCUT2D eigenvalue weighted by Gasteiger charge is 2.11. The molecule has 0 aliphatic rings. The molecule has 0 saturated carbocycles. The van der Waals surface area contributed by atoms with Crippen molar-refractivity contribution >= 4 is 0 Å². The highest BCUT2D eigenvalue weighted by Crippen LogP contribution is 2.32. The first-order valence-corrected chi connectivity index (χ1v) is 12.2. The molecule has 3 aromatic carbocycles. The van der Waals surface area contributed by atoms with E-state index in [0.29, 0.717) is 13.2 Å². The highest BCUT2D eigenvalue weighted by atomic mass is 16.5. The van der Waals surface area contributed by atoms with Gasteiger partial charge >= 0.3 is 0 Å². The molecule has 0 amide bonds. The molecule has 2 nitrogen and oxygen atoms in total. The Bertz CT molecular complexity index is 973. The quantitative estimate of drug-likeness (QED) is 0.305. The van der Waals surface area contributed by atoms with Gasteiger partial charge in [-0.3, -0.25) is 0 Å². The Morgan fingerprint density at radius 1 is 0.625 bits per heavy atom. The van der Waals surface area contributed by atoms with Crippen molar-refractivity contribution in [1.29, 1.82) is 0 Å². The minimum Gasteiger partial charge on any atom is -0.489 e. The smallest absolute Gasteiger partial charge is 0.120 e. The zero-order valence-corrected chi connectivity index (χ0v) is 20.0. The third kappa shape index (κ3) is 6.46. The van der Waals surface area contributed by atoms with Gasteiger partial charge in [0.2, 0.25) is 0 Å². The van der Waals surface area contributed by atoms with E-state index in [1.807, 2.05) is 0 Å². The summed E-state index contributed by atoms with van der Waals surface area (Å²) in [6.45, 7) is 7.52. The second-order valence-electron chi connectivity index (χ2n) is 8.51. The fourth-order valence-electron chi connectivity index (χ4n) is 4.23. The number of ether oxygens (including phenoxy) is 1. The van der Waals surface area contributed by atoms with Crippen LogP contribution in [0.25, 0.3) is 11.1 Å². The SMILES string of the molecule is CCc1ccc(COc2ccc(-c3ccc(CCCCCO)cc3CC)c(CC)c2)cc1. The van der Waals surface area contributed by atoms with E-state index in [1.165, 1.54) is 38.9 Å². The lowest BCUT2D eigenvalue weighted by atomic mass is 9.91. The summed E-state index contributed by atoms with van der Waals surface area (Å²) in [5.41, 5.74) is 9.34. The molecule has 170 valence electrons. The van der Waals surface area contributed by atoms with Gasteiger partial charge in [-0.15, -0.1) is 0 Å². The number of unbranched alkanes of at least 4 members (excludes halogenated alkanes) is 2. The Morgan fingerprint density at radius 3 is 1.91 bits per heavy atom. The predicted octanol–water partition coefficient (Wildman–Crippen LogP) is 7.32. The van der Waals surface area contributed by atoms with Gasteiger partial charge in [-0.25, -0.2) is 0 Å². The maximum Gasteiger partial charge on any atom is 0.120 e. The van der Waals surface area contributed by atoms with Crippen LogP contribution in [0.15, 0.2) is 60.7 Å². The number of benzene rings is 3. The van der Waals surface area contributed by atoms with Crippen LogP contribution in [0.2, 0.25) is 0 Å². The normalized spacial score (nSPS) is 11.0. The molecule has 32 heavy (non-hydrogen) atoms. The monoisotopic (exact) mass is 430 g/mol. The summed E-state index contributed by atoms with van der Waals surface area (Å²) in [6.07, 6.45) is 7.27. The summed E-state index contributed by atoms with van der Waals surface area (Å²) < 4.78 is 6.12. The molecule has 0 bridgehead atoms. The highest BCUT2D eigenvalue weighted by molar-refractivity contribution is 5.72. The molecule has 0 aliphatic heterocycles. The zero-order chi connectivity index (χ0) is 22.8. The molecule has 2 heteroatoms. The van der Waals surface area contributed by atoms with Crippen molar-refractivity contribution in [1.82, 2.24) is 0 Å². The molecule has 0 radical (unpaired) electrons. The third-order valence-corrected chi connectivity index (χ3v) is 6.26. The van der Waals surface area contributed by atoms with Crippen molar-refractivity contribution in [3.8, 4) is 16.9 Å². The number of aliphatic hydroxyl groups excluding tert-OH is 1. The van der Waals surface area contributed by atoms with E-state index in [1.54, 1.807) is 0 Å². The van der Waals surface area contributed by atoms with Crippen molar-refractivity contribution in [2.45, 2.75) is 72.3 Å². The molecule has 0 heterocycles. The van der Waals surface area contributed by atoms with E-state index >= 15 is 0 Å². The fourth-order valence-corrected chi connectivity index (χ4v) is 4.23. The number of hydrogen-bond acceptors (Lipinski definition) is 2. The Morgan fingerprint density at radius 2 is 1.25 bits per heavy atom. The Labute approximate surface area is 194 Å². The Kier molecular flexibility index (Phi) is 9.37. The van der Waals surface area contributed by atoms with Gasteiger partial charge in [-0.2, -0.15) is 0 Å². The molecule has 3 aromatic rings. The summed E-state index contributed by atoms with van der Waals surface area (Å²) in [7, 11) is 0. The van der Waals surface area contributed by atoms with E-state index < -0.39 is 0 Å². The van der Waals surface area contributed by atoms with Crippen LogP contribution in [0.5, 0.6) is 5.75 Å². The van der Waals surface area contributed by atoms with Crippen LogP contribution in [-0.2, 0) is 32.3 Å². The van der Waals surface area contributed by atoms with Crippen LogP contribution in [-0.4, -0.2) is 11.7 Å². The molecular weight excluding hydrogens is 392 g/mol. The van der Waals surface area contributed by atoms with Gasteiger partial charge in [0.1, 0.15) is 12.4 Å². The van der Waals surface area contributed by atoms with Crippen LogP contribution < -0.4 is 4.74 Å². The van der Waals surface area contributed by atoms with Crippen molar-refractivity contribution in [2.24, 2.45) is 0 Å². The average Bonchev–Trinajstić information content (AvgIpc) is 2.85. The molecule has 0 spiro atoms. The summed E-state index contributed by atoms with van der Waals surface area (Å²) >= 11 is 0. The van der Waals surface area contributed by atoms with Gasteiger partial charge in [0.15, 0.2) is 0 Å². The van der Waals surface area contributed by atoms with Crippen LogP contribution in [0.3, 0.4) is 0 Å². The largest absolute Gasteiger partial charge is 0.489 e. The van der Waals surface area contributed by atoms with Gasteiger partial charge in [0.25, 0.3) is 0 Å². The first kappa shape index (κ1) is 24.1. The van der Waals surface area contributed by atoms with Crippen molar-refractivity contribution in [3.63, 3.8) is 0 Å². The van der Waals surface area contributed by atoms with E-state index in [-0.39, 0.29) is 0 Å². The minimum atomic E-state index is 0.295. The Balaban J connectivity index is 1.74. The van der Waals surface area contributed by atoms with Gasteiger partial charge in [0, 0.05) is 6.61 Å². The molecular formula is C30H38O2. The number of hydrogen-bond donors (Lipinski definition) is 1. The molecule has 0 aliphatic carbocycles. The van der Waals surface area contributed by atoms with E-state index in [9.17, 15) is 0 Å². The maximum absolute atomic E-state index is 8.98. The zero-order valence-electron chi connectivity index (χ0n) is 20.0. The van der Waals surface area contributed by atoms with E-state index in [4.69, 9.17) is 9.84 Å². The Hall–Kier alpha value is -2.58. The van der Waals surface area contributed by atoms with Crippen LogP contribution in [0, 0.1) is 0 Å². The van der Waals surface area contributed by atoms with Crippen molar-refractivity contribution in [3.05, 3.63) is 88.5 Å². The molecule has 0 fully saturated rings.